The summed E-state index contributed by atoms with van der Waals surface area (Å²) in [6, 6.07) is 0.593. The number of hydrogen-bond acceptors (Lipinski definition) is 3. The summed E-state index contributed by atoms with van der Waals surface area (Å²) >= 11 is 0. The normalized spacial score (nSPS) is 22.6. The largest absolute Gasteiger partial charge is 0.369 e. The monoisotopic (exact) mass is 241 g/mol. The van der Waals surface area contributed by atoms with E-state index in [1.165, 1.54) is 19.3 Å². The lowest BCUT2D eigenvalue weighted by Gasteiger charge is -2.31. The molecule has 2 atom stereocenters. The number of rotatable bonds is 7. The van der Waals surface area contributed by atoms with Crippen LogP contribution in [0.15, 0.2) is 0 Å². The van der Waals surface area contributed by atoms with Gasteiger partial charge in [0.2, 0.25) is 5.91 Å². The number of nitrogens with zero attached hydrogens (tertiary/aromatic N) is 1. The number of carbonyl (C=O) groups excluding carboxylic acids is 1. The van der Waals surface area contributed by atoms with Crippen LogP contribution in [0.1, 0.15) is 39.5 Å². The molecular weight excluding hydrogens is 214 g/mol. The van der Waals surface area contributed by atoms with Gasteiger partial charge in [0, 0.05) is 25.0 Å². The maximum atomic E-state index is 11.1. The van der Waals surface area contributed by atoms with Crippen LogP contribution in [0.3, 0.4) is 0 Å². The van der Waals surface area contributed by atoms with E-state index in [-0.39, 0.29) is 11.8 Å². The highest BCUT2D eigenvalue weighted by Gasteiger charge is 2.19. The Morgan fingerprint density at radius 1 is 1.53 bits per heavy atom. The van der Waals surface area contributed by atoms with Crippen LogP contribution in [-0.4, -0.2) is 43.0 Å². The number of hydrogen-bond donors (Lipinski definition) is 2. The molecule has 1 aliphatic heterocycles. The van der Waals surface area contributed by atoms with Gasteiger partial charge in [-0.05, 0) is 32.4 Å². The molecule has 0 aromatic rings. The first-order valence-corrected chi connectivity index (χ1v) is 6.88. The molecule has 1 aliphatic rings. The predicted octanol–water partition coefficient (Wildman–Crippen LogP) is 0.962. The van der Waals surface area contributed by atoms with Crippen molar-refractivity contribution in [3.63, 3.8) is 0 Å². The van der Waals surface area contributed by atoms with Crippen LogP contribution in [0.5, 0.6) is 0 Å². The number of piperidine rings is 1. The zero-order valence-electron chi connectivity index (χ0n) is 11.2. The van der Waals surface area contributed by atoms with Gasteiger partial charge < -0.3 is 16.0 Å². The van der Waals surface area contributed by atoms with Crippen LogP contribution in [-0.2, 0) is 4.79 Å². The summed E-state index contributed by atoms with van der Waals surface area (Å²) < 4.78 is 0. The Bertz CT molecular complexity index is 227. The van der Waals surface area contributed by atoms with Crippen LogP contribution in [0.25, 0.3) is 0 Å². The van der Waals surface area contributed by atoms with E-state index < -0.39 is 0 Å². The van der Waals surface area contributed by atoms with Crippen molar-refractivity contribution in [3.8, 4) is 0 Å². The van der Waals surface area contributed by atoms with Crippen LogP contribution in [0.2, 0.25) is 0 Å². The fourth-order valence-electron chi connectivity index (χ4n) is 2.44. The zero-order valence-corrected chi connectivity index (χ0v) is 11.2. The van der Waals surface area contributed by atoms with E-state index in [2.05, 4.69) is 17.1 Å². The van der Waals surface area contributed by atoms with Gasteiger partial charge >= 0.3 is 0 Å². The molecule has 100 valence electrons. The predicted molar refractivity (Wildman–Crippen MR) is 70.7 cm³/mol. The molecule has 0 spiro atoms. The molecule has 1 heterocycles. The molecule has 1 rings (SSSR count). The Morgan fingerprint density at radius 2 is 2.29 bits per heavy atom. The van der Waals surface area contributed by atoms with E-state index in [4.69, 9.17) is 5.73 Å². The molecule has 2 unspecified atom stereocenters. The summed E-state index contributed by atoms with van der Waals surface area (Å²) in [6.45, 7) is 8.12. The molecule has 0 saturated carbocycles. The van der Waals surface area contributed by atoms with Gasteiger partial charge in [0.15, 0.2) is 0 Å². The molecular formula is C13H27N3O. The summed E-state index contributed by atoms with van der Waals surface area (Å²) in [6.07, 6.45) is 4.99. The molecule has 1 amide bonds. The van der Waals surface area contributed by atoms with Gasteiger partial charge in [-0.2, -0.15) is 0 Å². The third kappa shape index (κ3) is 5.50. The average molecular weight is 241 g/mol. The van der Waals surface area contributed by atoms with Gasteiger partial charge in [0.1, 0.15) is 0 Å². The molecule has 4 heteroatoms. The van der Waals surface area contributed by atoms with Crippen molar-refractivity contribution in [2.24, 2.45) is 11.7 Å². The van der Waals surface area contributed by atoms with E-state index in [1.54, 1.807) is 0 Å². The summed E-state index contributed by atoms with van der Waals surface area (Å²) in [4.78, 5) is 13.5. The number of amides is 1. The lowest BCUT2D eigenvalue weighted by molar-refractivity contribution is -0.121. The molecule has 0 bridgehead atoms. The third-order valence-electron chi connectivity index (χ3n) is 3.45. The average Bonchev–Trinajstić information content (AvgIpc) is 2.30. The molecule has 3 N–H and O–H groups in total. The second kappa shape index (κ2) is 7.67. The molecule has 17 heavy (non-hydrogen) atoms. The van der Waals surface area contributed by atoms with Crippen molar-refractivity contribution in [1.29, 1.82) is 0 Å². The van der Waals surface area contributed by atoms with Crippen LogP contribution in [0.4, 0.5) is 0 Å². The van der Waals surface area contributed by atoms with E-state index in [0.717, 1.165) is 32.6 Å². The van der Waals surface area contributed by atoms with Gasteiger partial charge in [-0.1, -0.05) is 20.3 Å². The van der Waals surface area contributed by atoms with E-state index in [9.17, 15) is 4.79 Å². The highest BCUT2D eigenvalue weighted by Crippen LogP contribution is 2.10. The van der Waals surface area contributed by atoms with Crippen molar-refractivity contribution in [2.45, 2.75) is 45.6 Å². The van der Waals surface area contributed by atoms with Crippen LogP contribution in [0, 0.1) is 5.92 Å². The van der Waals surface area contributed by atoms with Crippen LogP contribution < -0.4 is 11.1 Å². The van der Waals surface area contributed by atoms with Crippen molar-refractivity contribution in [2.75, 3.05) is 26.2 Å². The fourth-order valence-corrected chi connectivity index (χ4v) is 2.44. The first-order chi connectivity index (χ1) is 8.13. The first kappa shape index (κ1) is 14.5. The quantitative estimate of drug-likeness (QED) is 0.698. The van der Waals surface area contributed by atoms with E-state index in [0.29, 0.717) is 6.04 Å². The third-order valence-corrected chi connectivity index (χ3v) is 3.45. The minimum Gasteiger partial charge on any atom is -0.369 e. The Labute approximate surface area is 105 Å². The Hall–Kier alpha value is -0.610. The summed E-state index contributed by atoms with van der Waals surface area (Å²) in [7, 11) is 0. The van der Waals surface area contributed by atoms with E-state index in [1.807, 2.05) is 6.92 Å². The maximum absolute atomic E-state index is 11.1. The standard InChI is InChI=1S/C13H27N3O/c1-3-8-16(9-11(2)13(14)17)10-12-6-4-5-7-15-12/h11-12,15H,3-10H2,1-2H3,(H2,14,17). The SMILES string of the molecule is CCCN(CC1CCCCN1)CC(C)C(N)=O. The van der Waals surface area contributed by atoms with E-state index >= 15 is 0 Å². The van der Waals surface area contributed by atoms with Gasteiger partial charge in [0.25, 0.3) is 0 Å². The number of nitrogens with one attached hydrogen (secondary N) is 1. The lowest BCUT2D eigenvalue weighted by Crippen LogP contribution is -2.46. The molecule has 0 radical (unpaired) electrons. The topological polar surface area (TPSA) is 58.4 Å². The van der Waals surface area contributed by atoms with Crippen molar-refractivity contribution in [3.05, 3.63) is 0 Å². The second-order valence-corrected chi connectivity index (χ2v) is 5.21. The summed E-state index contributed by atoms with van der Waals surface area (Å²) in [5.74, 6) is -0.243. The van der Waals surface area contributed by atoms with Gasteiger partial charge in [-0.3, -0.25) is 4.79 Å². The Morgan fingerprint density at radius 3 is 2.82 bits per heavy atom. The minimum absolute atomic E-state index is 0.0508. The molecule has 1 saturated heterocycles. The maximum Gasteiger partial charge on any atom is 0.221 e. The summed E-state index contributed by atoms with van der Waals surface area (Å²) in [5, 5.41) is 3.55. The second-order valence-electron chi connectivity index (χ2n) is 5.21. The highest BCUT2D eigenvalue weighted by molar-refractivity contribution is 5.76. The molecule has 0 aromatic carbocycles. The smallest absolute Gasteiger partial charge is 0.221 e. The number of primary amides is 1. The fraction of sp³-hybridized carbons (Fsp3) is 0.923. The molecule has 1 fully saturated rings. The Balaban J connectivity index is 2.38. The van der Waals surface area contributed by atoms with Gasteiger partial charge in [-0.15, -0.1) is 0 Å². The van der Waals surface area contributed by atoms with Crippen LogP contribution >= 0.6 is 0 Å². The number of nitrogens with two attached hydrogens (primary N) is 1. The molecule has 4 nitrogen and oxygen atoms in total. The minimum atomic E-state index is -0.192. The van der Waals surface area contributed by atoms with Gasteiger partial charge in [0.05, 0.1) is 0 Å². The number of carbonyl (C=O) groups is 1. The van der Waals surface area contributed by atoms with Crippen molar-refractivity contribution < 1.29 is 4.79 Å². The molecule has 0 aliphatic carbocycles. The molecule has 0 aromatic heterocycles. The lowest BCUT2D eigenvalue weighted by atomic mass is 10.0. The summed E-state index contributed by atoms with van der Waals surface area (Å²) in [5.41, 5.74) is 5.33. The zero-order chi connectivity index (χ0) is 12.7. The van der Waals surface area contributed by atoms with Crippen molar-refractivity contribution >= 4 is 5.91 Å². The van der Waals surface area contributed by atoms with Gasteiger partial charge in [-0.25, -0.2) is 0 Å². The van der Waals surface area contributed by atoms with Crippen molar-refractivity contribution in [1.82, 2.24) is 10.2 Å². The first-order valence-electron chi connectivity index (χ1n) is 6.88. The highest BCUT2D eigenvalue weighted by atomic mass is 16.1. The Kier molecular flexibility index (Phi) is 6.52.